The maximum absolute atomic E-state index is 9.30. The van der Waals surface area contributed by atoms with E-state index < -0.39 is 0 Å². The highest BCUT2D eigenvalue weighted by Crippen LogP contribution is 2.38. The molecule has 1 heterocycles. The highest BCUT2D eigenvalue weighted by atomic mass is 16.5. The normalized spacial score (nSPS) is 22.4. The Morgan fingerprint density at radius 3 is 2.48 bits per heavy atom. The molecule has 0 unspecified atom stereocenters. The number of nitrogens with one attached hydrogen (secondary N) is 1. The number of anilines is 1. The molecular formula is C17H25N3O. The van der Waals surface area contributed by atoms with Crippen molar-refractivity contribution in [3.05, 3.63) is 17.8 Å². The van der Waals surface area contributed by atoms with Gasteiger partial charge in [-0.3, -0.25) is 0 Å². The Hall–Kier alpha value is -1.76. The lowest BCUT2D eigenvalue weighted by Gasteiger charge is -2.37. The first-order chi connectivity index (χ1) is 9.95. The molecule has 0 saturated heterocycles. The van der Waals surface area contributed by atoms with Crippen LogP contribution in [0.1, 0.15) is 52.0 Å². The van der Waals surface area contributed by atoms with Crippen molar-refractivity contribution in [2.45, 2.75) is 52.5 Å². The molecule has 0 aromatic carbocycles. The standard InChI is InChI=1S/C17H25N3O/c1-17(2,3)12-5-7-13(8-6-12)20-15-9-10-19-16(21-4)14(15)11-18/h9-10,12-13H,5-8H2,1-4H3,(H,19,20). The van der Waals surface area contributed by atoms with Crippen LogP contribution in [0.3, 0.4) is 0 Å². The van der Waals surface area contributed by atoms with Gasteiger partial charge in [0.15, 0.2) is 0 Å². The summed E-state index contributed by atoms with van der Waals surface area (Å²) in [6.07, 6.45) is 6.47. The average molecular weight is 287 g/mol. The molecule has 1 aromatic heterocycles. The minimum atomic E-state index is 0.392. The molecule has 1 saturated carbocycles. The van der Waals surface area contributed by atoms with Gasteiger partial charge in [-0.2, -0.15) is 5.26 Å². The molecule has 4 heteroatoms. The molecule has 0 bridgehead atoms. The number of methoxy groups -OCH3 is 1. The molecule has 1 aromatic rings. The zero-order valence-corrected chi connectivity index (χ0v) is 13.4. The molecule has 0 atom stereocenters. The van der Waals surface area contributed by atoms with Crippen LogP contribution in [0, 0.1) is 22.7 Å². The SMILES string of the molecule is COc1nccc(NC2CCC(C(C)(C)C)CC2)c1C#N. The minimum Gasteiger partial charge on any atom is -0.480 e. The molecule has 0 amide bonds. The molecule has 1 aliphatic rings. The summed E-state index contributed by atoms with van der Waals surface area (Å²) >= 11 is 0. The third-order valence-corrected chi connectivity index (χ3v) is 4.53. The molecule has 1 N–H and O–H groups in total. The molecule has 0 aliphatic heterocycles. The van der Waals surface area contributed by atoms with E-state index in [1.54, 1.807) is 13.3 Å². The number of pyridine rings is 1. The molecule has 114 valence electrons. The first kappa shape index (κ1) is 15.6. The van der Waals surface area contributed by atoms with Crippen LogP contribution in [-0.2, 0) is 0 Å². The van der Waals surface area contributed by atoms with E-state index in [1.165, 1.54) is 12.8 Å². The summed E-state index contributed by atoms with van der Waals surface area (Å²) in [5.74, 6) is 1.18. The molecule has 0 spiro atoms. The largest absolute Gasteiger partial charge is 0.480 e. The van der Waals surface area contributed by atoms with Gasteiger partial charge in [0.25, 0.3) is 0 Å². The fraction of sp³-hybridized carbons (Fsp3) is 0.647. The maximum Gasteiger partial charge on any atom is 0.233 e. The minimum absolute atomic E-state index is 0.392. The number of rotatable bonds is 3. The monoisotopic (exact) mass is 287 g/mol. The van der Waals surface area contributed by atoms with Crippen LogP contribution in [0.2, 0.25) is 0 Å². The molecule has 0 radical (unpaired) electrons. The second kappa shape index (κ2) is 6.34. The van der Waals surface area contributed by atoms with Crippen molar-refractivity contribution in [2.75, 3.05) is 12.4 Å². The van der Waals surface area contributed by atoms with Crippen molar-refractivity contribution in [2.24, 2.45) is 11.3 Å². The smallest absolute Gasteiger partial charge is 0.233 e. The Labute approximate surface area is 127 Å². The van der Waals surface area contributed by atoms with E-state index in [4.69, 9.17) is 4.74 Å². The van der Waals surface area contributed by atoms with Crippen LogP contribution in [0.15, 0.2) is 12.3 Å². The number of hydrogen-bond acceptors (Lipinski definition) is 4. The Balaban J connectivity index is 2.03. The zero-order chi connectivity index (χ0) is 15.5. The van der Waals surface area contributed by atoms with Crippen molar-refractivity contribution in [1.82, 2.24) is 4.98 Å². The average Bonchev–Trinajstić information content (AvgIpc) is 2.46. The van der Waals surface area contributed by atoms with Crippen LogP contribution in [0.25, 0.3) is 0 Å². The topological polar surface area (TPSA) is 57.9 Å². The highest BCUT2D eigenvalue weighted by Gasteiger charge is 2.29. The summed E-state index contributed by atoms with van der Waals surface area (Å²) in [6, 6.07) is 4.48. The first-order valence-corrected chi connectivity index (χ1v) is 7.65. The molecule has 21 heavy (non-hydrogen) atoms. The van der Waals surface area contributed by atoms with Crippen LogP contribution < -0.4 is 10.1 Å². The van der Waals surface area contributed by atoms with E-state index in [1.807, 2.05) is 6.07 Å². The van der Waals surface area contributed by atoms with Crippen molar-refractivity contribution in [3.63, 3.8) is 0 Å². The van der Waals surface area contributed by atoms with E-state index in [9.17, 15) is 5.26 Å². The van der Waals surface area contributed by atoms with Crippen LogP contribution in [0.4, 0.5) is 5.69 Å². The van der Waals surface area contributed by atoms with Gasteiger partial charge in [0.2, 0.25) is 5.88 Å². The number of nitriles is 1. The molecular weight excluding hydrogens is 262 g/mol. The number of aromatic nitrogens is 1. The van der Waals surface area contributed by atoms with Crippen LogP contribution in [0.5, 0.6) is 5.88 Å². The second-order valence-corrected chi connectivity index (χ2v) is 6.91. The van der Waals surface area contributed by atoms with Crippen LogP contribution in [-0.4, -0.2) is 18.1 Å². The third-order valence-electron chi connectivity index (χ3n) is 4.53. The van der Waals surface area contributed by atoms with Gasteiger partial charge in [-0.1, -0.05) is 20.8 Å². The Bertz CT molecular complexity index is 520. The Morgan fingerprint density at radius 1 is 1.29 bits per heavy atom. The summed E-state index contributed by atoms with van der Waals surface area (Å²) in [6.45, 7) is 6.98. The Kier molecular flexibility index (Phi) is 4.72. The van der Waals surface area contributed by atoms with E-state index in [-0.39, 0.29) is 0 Å². The fourth-order valence-corrected chi connectivity index (χ4v) is 3.15. The van der Waals surface area contributed by atoms with Crippen molar-refractivity contribution < 1.29 is 4.74 Å². The van der Waals surface area contributed by atoms with Gasteiger partial charge < -0.3 is 10.1 Å². The zero-order valence-electron chi connectivity index (χ0n) is 13.4. The quantitative estimate of drug-likeness (QED) is 0.913. The van der Waals surface area contributed by atoms with E-state index in [0.717, 1.165) is 24.4 Å². The van der Waals surface area contributed by atoms with Crippen molar-refractivity contribution >= 4 is 5.69 Å². The number of hydrogen-bond donors (Lipinski definition) is 1. The third kappa shape index (κ3) is 3.66. The van der Waals surface area contributed by atoms with Gasteiger partial charge in [-0.05, 0) is 43.1 Å². The predicted molar refractivity (Wildman–Crippen MR) is 84.3 cm³/mol. The molecule has 1 aliphatic carbocycles. The lowest BCUT2D eigenvalue weighted by molar-refractivity contribution is 0.173. The lowest BCUT2D eigenvalue weighted by atomic mass is 9.71. The van der Waals surface area contributed by atoms with E-state index >= 15 is 0 Å². The van der Waals surface area contributed by atoms with E-state index in [2.05, 4.69) is 37.1 Å². The fourth-order valence-electron chi connectivity index (χ4n) is 3.15. The number of nitrogens with zero attached hydrogens (tertiary/aromatic N) is 2. The van der Waals surface area contributed by atoms with Crippen molar-refractivity contribution in [1.29, 1.82) is 5.26 Å². The van der Waals surface area contributed by atoms with Gasteiger partial charge in [0.05, 0.1) is 12.8 Å². The summed E-state index contributed by atoms with van der Waals surface area (Å²) in [5, 5.41) is 12.8. The Morgan fingerprint density at radius 2 is 1.95 bits per heavy atom. The highest BCUT2D eigenvalue weighted by molar-refractivity contribution is 5.61. The molecule has 2 rings (SSSR count). The second-order valence-electron chi connectivity index (χ2n) is 6.91. The molecule has 1 fully saturated rings. The predicted octanol–water partition coefficient (Wildman–Crippen LogP) is 3.98. The van der Waals surface area contributed by atoms with Crippen molar-refractivity contribution in [3.8, 4) is 11.9 Å². The lowest BCUT2D eigenvalue weighted by Crippen LogP contribution is -2.31. The van der Waals surface area contributed by atoms with Gasteiger partial charge in [-0.15, -0.1) is 0 Å². The van der Waals surface area contributed by atoms with Gasteiger partial charge in [-0.25, -0.2) is 4.98 Å². The molecule has 4 nitrogen and oxygen atoms in total. The van der Waals surface area contributed by atoms with Crippen LogP contribution >= 0.6 is 0 Å². The van der Waals surface area contributed by atoms with Gasteiger partial charge in [0, 0.05) is 12.2 Å². The summed E-state index contributed by atoms with van der Waals surface area (Å²) < 4.78 is 5.15. The van der Waals surface area contributed by atoms with Gasteiger partial charge in [0.1, 0.15) is 11.6 Å². The van der Waals surface area contributed by atoms with Gasteiger partial charge >= 0.3 is 0 Å². The summed E-state index contributed by atoms with van der Waals surface area (Å²) in [4.78, 5) is 4.08. The first-order valence-electron chi connectivity index (χ1n) is 7.65. The maximum atomic E-state index is 9.30. The summed E-state index contributed by atoms with van der Waals surface area (Å²) in [7, 11) is 1.54. The number of ether oxygens (including phenoxy) is 1. The van der Waals surface area contributed by atoms with E-state index in [0.29, 0.717) is 22.9 Å². The summed E-state index contributed by atoms with van der Waals surface area (Å²) in [5.41, 5.74) is 1.73.